The number of para-hydroxylation sites is 3. The molecule has 5 rings (SSSR count). The maximum absolute atomic E-state index is 12.6. The van der Waals surface area contributed by atoms with Gasteiger partial charge in [-0.3, -0.25) is 10.1 Å². The lowest BCUT2D eigenvalue weighted by atomic mass is 10.1. The lowest BCUT2D eigenvalue weighted by Crippen LogP contribution is -2.34. The van der Waals surface area contributed by atoms with Crippen molar-refractivity contribution in [1.82, 2.24) is 10.3 Å². The highest BCUT2D eigenvalue weighted by Crippen LogP contribution is 2.26. The fourth-order valence-electron chi connectivity index (χ4n) is 3.40. The molecule has 0 spiro atoms. The standard InChI is InChI=1S/C24H17N3O3S/c1-14-17-6-2-4-8-19(17)29-21(14)22(28)27-24(31)25-16-12-10-15(11-13-16)23-26-18-7-3-5-9-20(18)30-23/h2-13H,1H3,(H2,25,27,28,31). The number of aromatic nitrogens is 1. The van der Waals surface area contributed by atoms with Gasteiger partial charge in [0.05, 0.1) is 0 Å². The normalized spacial score (nSPS) is 11.0. The van der Waals surface area contributed by atoms with Gasteiger partial charge < -0.3 is 14.2 Å². The number of nitrogens with one attached hydrogen (secondary N) is 2. The first kappa shape index (κ1) is 19.0. The molecule has 6 nitrogen and oxygen atoms in total. The van der Waals surface area contributed by atoms with E-state index in [0.717, 1.165) is 33.3 Å². The van der Waals surface area contributed by atoms with Crippen LogP contribution in [-0.2, 0) is 0 Å². The second-order valence-corrected chi connectivity index (χ2v) is 7.43. The Morgan fingerprint density at radius 2 is 1.61 bits per heavy atom. The van der Waals surface area contributed by atoms with Crippen molar-refractivity contribution in [3.05, 3.63) is 84.1 Å². The van der Waals surface area contributed by atoms with E-state index in [1.54, 1.807) is 0 Å². The second kappa shape index (κ2) is 7.70. The van der Waals surface area contributed by atoms with E-state index in [0.29, 0.717) is 11.5 Å². The molecule has 1 amide bonds. The number of carbonyl (C=O) groups is 1. The number of nitrogens with zero attached hydrogens (tertiary/aromatic N) is 1. The van der Waals surface area contributed by atoms with E-state index in [4.69, 9.17) is 21.1 Å². The Bertz CT molecular complexity index is 1400. The highest BCUT2D eigenvalue weighted by Gasteiger charge is 2.18. The van der Waals surface area contributed by atoms with Gasteiger partial charge in [0.15, 0.2) is 16.5 Å². The smallest absolute Gasteiger partial charge is 0.293 e. The number of benzene rings is 3. The molecule has 0 saturated carbocycles. The van der Waals surface area contributed by atoms with Crippen LogP contribution in [0.4, 0.5) is 5.69 Å². The maximum atomic E-state index is 12.6. The summed E-state index contributed by atoms with van der Waals surface area (Å²) in [4.78, 5) is 17.1. The summed E-state index contributed by atoms with van der Waals surface area (Å²) in [7, 11) is 0. The van der Waals surface area contributed by atoms with Gasteiger partial charge in [-0.25, -0.2) is 4.98 Å². The molecule has 5 aromatic rings. The summed E-state index contributed by atoms with van der Waals surface area (Å²) in [5, 5.41) is 6.76. The Kier molecular flexibility index (Phi) is 4.72. The Morgan fingerprint density at radius 1 is 0.903 bits per heavy atom. The Labute approximate surface area is 182 Å². The quantitative estimate of drug-likeness (QED) is 0.361. The van der Waals surface area contributed by atoms with Crippen LogP contribution in [0.1, 0.15) is 16.1 Å². The highest BCUT2D eigenvalue weighted by molar-refractivity contribution is 7.80. The number of rotatable bonds is 3. The van der Waals surface area contributed by atoms with Crippen molar-refractivity contribution < 1.29 is 13.6 Å². The number of aryl methyl sites for hydroxylation is 1. The van der Waals surface area contributed by atoms with Crippen molar-refractivity contribution in [3.63, 3.8) is 0 Å². The molecule has 0 bridgehead atoms. The first-order valence-electron chi connectivity index (χ1n) is 9.65. The van der Waals surface area contributed by atoms with E-state index in [9.17, 15) is 4.79 Å². The second-order valence-electron chi connectivity index (χ2n) is 7.02. The molecule has 0 unspecified atom stereocenters. The van der Waals surface area contributed by atoms with Crippen molar-refractivity contribution in [1.29, 1.82) is 0 Å². The monoisotopic (exact) mass is 427 g/mol. The number of hydrogen-bond donors (Lipinski definition) is 2. The van der Waals surface area contributed by atoms with Crippen LogP contribution in [0.5, 0.6) is 0 Å². The zero-order chi connectivity index (χ0) is 21.4. The minimum absolute atomic E-state index is 0.180. The third-order valence-electron chi connectivity index (χ3n) is 4.96. The summed E-state index contributed by atoms with van der Waals surface area (Å²) in [5.41, 5.74) is 4.56. The number of thiocarbonyl (C=S) groups is 1. The van der Waals surface area contributed by atoms with Gasteiger partial charge in [-0.05, 0) is 61.6 Å². The summed E-state index contributed by atoms with van der Waals surface area (Å²) >= 11 is 5.29. The maximum Gasteiger partial charge on any atom is 0.293 e. The Hall–Kier alpha value is -3.97. The SMILES string of the molecule is Cc1c(C(=O)NC(=S)Nc2ccc(-c3nc4ccccc4o3)cc2)oc2ccccc12. The average Bonchev–Trinajstić information content (AvgIpc) is 3.36. The first-order chi connectivity index (χ1) is 15.1. The van der Waals surface area contributed by atoms with E-state index < -0.39 is 5.91 Å². The molecule has 0 aliphatic rings. The predicted octanol–water partition coefficient (Wildman–Crippen LogP) is 5.68. The number of furan rings is 1. The van der Waals surface area contributed by atoms with Crippen molar-refractivity contribution in [3.8, 4) is 11.5 Å². The van der Waals surface area contributed by atoms with Gasteiger partial charge in [0.25, 0.3) is 5.91 Å². The van der Waals surface area contributed by atoms with Crippen LogP contribution in [0.25, 0.3) is 33.5 Å². The summed E-state index contributed by atoms with van der Waals surface area (Å²) in [6.07, 6.45) is 0. The fourth-order valence-corrected chi connectivity index (χ4v) is 3.62. The van der Waals surface area contributed by atoms with Gasteiger partial charge in [-0.15, -0.1) is 0 Å². The van der Waals surface area contributed by atoms with E-state index in [2.05, 4.69) is 15.6 Å². The number of anilines is 1. The average molecular weight is 427 g/mol. The van der Waals surface area contributed by atoms with Crippen LogP contribution in [0, 0.1) is 6.92 Å². The molecule has 2 N–H and O–H groups in total. The van der Waals surface area contributed by atoms with E-state index in [1.165, 1.54) is 0 Å². The number of oxazole rings is 1. The van der Waals surface area contributed by atoms with Gasteiger partial charge in [0, 0.05) is 22.2 Å². The lowest BCUT2D eigenvalue weighted by Gasteiger charge is -2.09. The number of fused-ring (bicyclic) bond motifs is 2. The number of amides is 1. The van der Waals surface area contributed by atoms with Gasteiger partial charge in [-0.1, -0.05) is 30.3 Å². The number of carbonyl (C=O) groups excluding carboxylic acids is 1. The van der Waals surface area contributed by atoms with Gasteiger partial charge in [0.2, 0.25) is 5.89 Å². The summed E-state index contributed by atoms with van der Waals surface area (Å²) in [6.45, 7) is 1.85. The molecule has 2 aromatic heterocycles. The van der Waals surface area contributed by atoms with Crippen LogP contribution in [0.3, 0.4) is 0 Å². The molecule has 7 heteroatoms. The van der Waals surface area contributed by atoms with Crippen LogP contribution in [-0.4, -0.2) is 16.0 Å². The molecular formula is C24H17N3O3S. The largest absolute Gasteiger partial charge is 0.451 e. The van der Waals surface area contributed by atoms with Crippen molar-refractivity contribution in [2.75, 3.05) is 5.32 Å². The molecule has 31 heavy (non-hydrogen) atoms. The zero-order valence-corrected chi connectivity index (χ0v) is 17.3. The van der Waals surface area contributed by atoms with Crippen LogP contribution >= 0.6 is 12.2 Å². The van der Waals surface area contributed by atoms with Gasteiger partial charge >= 0.3 is 0 Å². The highest BCUT2D eigenvalue weighted by atomic mass is 32.1. The van der Waals surface area contributed by atoms with Crippen LogP contribution in [0.15, 0.2) is 81.6 Å². The molecule has 0 saturated heterocycles. The van der Waals surface area contributed by atoms with E-state index in [1.807, 2.05) is 79.7 Å². The predicted molar refractivity (Wildman–Crippen MR) is 124 cm³/mol. The van der Waals surface area contributed by atoms with Crippen molar-refractivity contribution in [2.45, 2.75) is 6.92 Å². The summed E-state index contributed by atoms with van der Waals surface area (Å²) in [6, 6.07) is 22.6. The molecular weight excluding hydrogens is 410 g/mol. The van der Waals surface area contributed by atoms with E-state index >= 15 is 0 Å². The molecule has 2 heterocycles. The minimum atomic E-state index is -0.394. The van der Waals surface area contributed by atoms with E-state index in [-0.39, 0.29) is 10.9 Å². The summed E-state index contributed by atoms with van der Waals surface area (Å²) < 4.78 is 11.5. The van der Waals surface area contributed by atoms with Crippen molar-refractivity contribution >= 4 is 51.0 Å². The molecule has 152 valence electrons. The number of hydrogen-bond acceptors (Lipinski definition) is 5. The third kappa shape index (κ3) is 3.67. The topological polar surface area (TPSA) is 80.3 Å². The van der Waals surface area contributed by atoms with Gasteiger partial charge in [-0.2, -0.15) is 0 Å². The lowest BCUT2D eigenvalue weighted by molar-refractivity contribution is 0.0952. The van der Waals surface area contributed by atoms with Crippen molar-refractivity contribution in [2.24, 2.45) is 0 Å². The third-order valence-corrected chi connectivity index (χ3v) is 5.16. The zero-order valence-electron chi connectivity index (χ0n) is 16.5. The Balaban J connectivity index is 1.27. The minimum Gasteiger partial charge on any atom is -0.451 e. The summed E-state index contributed by atoms with van der Waals surface area (Å²) in [5.74, 6) is 0.398. The van der Waals surface area contributed by atoms with Crippen LogP contribution < -0.4 is 10.6 Å². The Morgan fingerprint density at radius 3 is 2.35 bits per heavy atom. The molecule has 3 aromatic carbocycles. The molecule has 0 radical (unpaired) electrons. The molecule has 0 aliphatic carbocycles. The van der Waals surface area contributed by atoms with Gasteiger partial charge in [0.1, 0.15) is 11.1 Å². The van der Waals surface area contributed by atoms with Crippen LogP contribution in [0.2, 0.25) is 0 Å². The first-order valence-corrected chi connectivity index (χ1v) is 10.1. The fraction of sp³-hybridized carbons (Fsp3) is 0.0417. The molecule has 0 fully saturated rings. The molecule has 0 aliphatic heterocycles. The molecule has 0 atom stereocenters.